The lowest BCUT2D eigenvalue weighted by atomic mass is 9.94. The van der Waals surface area contributed by atoms with Gasteiger partial charge in [-0.05, 0) is 49.5 Å². The van der Waals surface area contributed by atoms with Gasteiger partial charge in [0, 0.05) is 35.5 Å². The molecule has 30 heavy (non-hydrogen) atoms. The number of halogens is 2. The number of benzene rings is 2. The number of hydrogen-bond donors (Lipinski definition) is 2. The number of anilines is 1. The molecule has 0 saturated heterocycles. The van der Waals surface area contributed by atoms with Crippen molar-refractivity contribution in [3.63, 3.8) is 0 Å². The fraction of sp³-hybridized carbons (Fsp3) is 0.0909. The Morgan fingerprint density at radius 3 is 2.27 bits per heavy atom. The molecule has 0 atom stereocenters. The molecule has 0 unspecified atom stereocenters. The van der Waals surface area contributed by atoms with Crippen LogP contribution in [0.5, 0.6) is 0 Å². The van der Waals surface area contributed by atoms with Crippen molar-refractivity contribution < 1.29 is 13.6 Å². The SMILES string of the molecule is C=Nc1ccc(-c2cc(C(N)=O)c(N)nc2-c2cc(F)cc(F)c2)cc1C(C)=NC. The lowest BCUT2D eigenvalue weighted by Gasteiger charge is -2.15. The summed E-state index contributed by atoms with van der Waals surface area (Å²) in [6.45, 7) is 5.38. The second kappa shape index (κ2) is 8.20. The molecule has 0 aliphatic heterocycles. The van der Waals surface area contributed by atoms with Crippen LogP contribution in [0, 0.1) is 11.6 Å². The normalized spacial score (nSPS) is 11.4. The van der Waals surface area contributed by atoms with E-state index in [9.17, 15) is 13.6 Å². The van der Waals surface area contributed by atoms with Crippen LogP contribution >= 0.6 is 0 Å². The molecule has 2 aromatic carbocycles. The number of aliphatic imine (C=N–C) groups is 2. The number of carbonyl (C=O) groups excluding carboxylic acids is 1. The maximum atomic E-state index is 13.9. The minimum atomic E-state index is -0.769. The predicted molar refractivity (Wildman–Crippen MR) is 115 cm³/mol. The summed E-state index contributed by atoms with van der Waals surface area (Å²) in [5.41, 5.74) is 14.7. The van der Waals surface area contributed by atoms with Crippen LogP contribution in [0.15, 0.2) is 52.4 Å². The van der Waals surface area contributed by atoms with Crippen molar-refractivity contribution in [3.8, 4) is 22.4 Å². The molecule has 1 aromatic heterocycles. The average molecular weight is 407 g/mol. The molecule has 0 saturated carbocycles. The Balaban J connectivity index is 2.36. The second-order valence-corrected chi connectivity index (χ2v) is 6.54. The van der Waals surface area contributed by atoms with E-state index in [1.165, 1.54) is 6.07 Å². The smallest absolute Gasteiger partial charge is 0.252 e. The third-order valence-electron chi connectivity index (χ3n) is 4.66. The molecule has 1 amide bonds. The molecule has 0 aliphatic rings. The number of nitrogens with two attached hydrogens (primary N) is 2. The van der Waals surface area contributed by atoms with Crippen LogP contribution < -0.4 is 11.5 Å². The quantitative estimate of drug-likeness (QED) is 0.621. The van der Waals surface area contributed by atoms with Crippen molar-refractivity contribution >= 4 is 29.8 Å². The van der Waals surface area contributed by atoms with Crippen LogP contribution in [0.1, 0.15) is 22.8 Å². The van der Waals surface area contributed by atoms with Gasteiger partial charge in [-0.2, -0.15) is 0 Å². The topological polar surface area (TPSA) is 107 Å². The molecule has 0 radical (unpaired) electrons. The van der Waals surface area contributed by atoms with E-state index < -0.39 is 17.5 Å². The first kappa shape index (κ1) is 20.8. The van der Waals surface area contributed by atoms with E-state index in [0.29, 0.717) is 28.1 Å². The molecule has 0 aliphatic carbocycles. The van der Waals surface area contributed by atoms with E-state index in [1.54, 1.807) is 25.2 Å². The number of rotatable bonds is 5. The van der Waals surface area contributed by atoms with Crippen LogP contribution in [0.2, 0.25) is 0 Å². The number of carbonyl (C=O) groups is 1. The van der Waals surface area contributed by atoms with Crippen molar-refractivity contribution in [3.05, 3.63) is 65.2 Å². The standard InChI is InChI=1S/C22H19F2N5O/c1-11(27-2)16-8-12(4-5-19(16)28-3)17-10-18(22(26)30)21(25)29-20(17)13-6-14(23)9-15(24)7-13/h4-10H,3H2,1-2H3,(H2,25,29)(H2,26,30). The van der Waals surface area contributed by atoms with Crippen molar-refractivity contribution in [1.82, 2.24) is 4.98 Å². The van der Waals surface area contributed by atoms with Gasteiger partial charge in [-0.15, -0.1) is 0 Å². The molecule has 6 nitrogen and oxygen atoms in total. The Bertz CT molecular complexity index is 1180. The van der Waals surface area contributed by atoms with Crippen LogP contribution in [0.3, 0.4) is 0 Å². The number of amides is 1. The van der Waals surface area contributed by atoms with E-state index in [1.807, 2.05) is 6.92 Å². The maximum Gasteiger partial charge on any atom is 0.252 e. The first-order valence-electron chi connectivity index (χ1n) is 8.86. The van der Waals surface area contributed by atoms with Crippen molar-refractivity contribution in [2.24, 2.45) is 15.7 Å². The van der Waals surface area contributed by atoms with Crippen molar-refractivity contribution in [2.45, 2.75) is 6.92 Å². The Morgan fingerprint density at radius 2 is 1.70 bits per heavy atom. The number of hydrogen-bond acceptors (Lipinski definition) is 5. The highest BCUT2D eigenvalue weighted by atomic mass is 19.1. The first-order chi connectivity index (χ1) is 14.2. The highest BCUT2D eigenvalue weighted by Gasteiger charge is 2.19. The zero-order chi connectivity index (χ0) is 22.0. The first-order valence-corrected chi connectivity index (χ1v) is 8.86. The average Bonchev–Trinajstić information content (AvgIpc) is 2.71. The molecule has 4 N–H and O–H groups in total. The van der Waals surface area contributed by atoms with E-state index in [0.717, 1.165) is 18.2 Å². The highest BCUT2D eigenvalue weighted by Crippen LogP contribution is 2.36. The van der Waals surface area contributed by atoms with Crippen LogP contribution in [-0.2, 0) is 0 Å². The molecule has 152 valence electrons. The predicted octanol–water partition coefficient (Wildman–Crippen LogP) is 4.15. The summed E-state index contributed by atoms with van der Waals surface area (Å²) < 4.78 is 27.7. The molecular weight excluding hydrogens is 388 g/mol. The van der Waals surface area contributed by atoms with Gasteiger partial charge in [-0.3, -0.25) is 14.8 Å². The summed E-state index contributed by atoms with van der Waals surface area (Å²) in [7, 11) is 1.64. The molecule has 3 rings (SSSR count). The van der Waals surface area contributed by atoms with Crippen LogP contribution in [0.4, 0.5) is 20.3 Å². The lowest BCUT2D eigenvalue weighted by Crippen LogP contribution is -2.15. The third-order valence-corrected chi connectivity index (χ3v) is 4.66. The summed E-state index contributed by atoms with van der Waals surface area (Å²) >= 11 is 0. The Kier molecular flexibility index (Phi) is 5.68. The molecule has 1 heterocycles. The maximum absolute atomic E-state index is 13.9. The van der Waals surface area contributed by atoms with E-state index >= 15 is 0 Å². The van der Waals surface area contributed by atoms with Gasteiger partial charge in [-0.25, -0.2) is 13.8 Å². The highest BCUT2D eigenvalue weighted by molar-refractivity contribution is 6.05. The summed E-state index contributed by atoms with van der Waals surface area (Å²) in [6.07, 6.45) is 0. The van der Waals surface area contributed by atoms with E-state index in [2.05, 4.69) is 21.7 Å². The van der Waals surface area contributed by atoms with Crippen molar-refractivity contribution in [2.75, 3.05) is 12.8 Å². The van der Waals surface area contributed by atoms with Gasteiger partial charge in [0.25, 0.3) is 5.91 Å². The fourth-order valence-corrected chi connectivity index (χ4v) is 3.11. The summed E-state index contributed by atoms with van der Waals surface area (Å²) in [5.74, 6) is -2.44. The number of nitrogen functional groups attached to an aromatic ring is 1. The Morgan fingerprint density at radius 1 is 1.03 bits per heavy atom. The van der Waals surface area contributed by atoms with E-state index in [-0.39, 0.29) is 22.6 Å². The Labute approximate surface area is 172 Å². The van der Waals surface area contributed by atoms with Gasteiger partial charge in [0.15, 0.2) is 0 Å². The summed E-state index contributed by atoms with van der Waals surface area (Å²) in [4.78, 5) is 24.2. The number of nitrogens with zero attached hydrogens (tertiary/aromatic N) is 3. The lowest BCUT2D eigenvalue weighted by molar-refractivity contribution is 0.100. The molecule has 0 bridgehead atoms. The molecular formula is C22H19F2N5O. The third kappa shape index (κ3) is 3.93. The van der Waals surface area contributed by atoms with Crippen LogP contribution in [-0.4, -0.2) is 30.4 Å². The van der Waals surface area contributed by atoms with Gasteiger partial charge in [0.1, 0.15) is 17.5 Å². The van der Waals surface area contributed by atoms with Gasteiger partial charge < -0.3 is 11.5 Å². The van der Waals surface area contributed by atoms with Gasteiger partial charge >= 0.3 is 0 Å². The Hall–Kier alpha value is -3.94. The van der Waals surface area contributed by atoms with Gasteiger partial charge in [0.2, 0.25) is 0 Å². The molecule has 3 aromatic rings. The minimum Gasteiger partial charge on any atom is -0.383 e. The van der Waals surface area contributed by atoms with Gasteiger partial charge in [-0.1, -0.05) is 6.07 Å². The number of primary amides is 1. The second-order valence-electron chi connectivity index (χ2n) is 6.54. The van der Waals surface area contributed by atoms with Crippen molar-refractivity contribution in [1.29, 1.82) is 0 Å². The minimum absolute atomic E-state index is 0.000947. The zero-order valence-corrected chi connectivity index (χ0v) is 16.4. The monoisotopic (exact) mass is 407 g/mol. The summed E-state index contributed by atoms with van der Waals surface area (Å²) in [5, 5.41) is 0. The zero-order valence-electron chi connectivity index (χ0n) is 16.4. The van der Waals surface area contributed by atoms with E-state index in [4.69, 9.17) is 11.5 Å². The fourth-order valence-electron chi connectivity index (χ4n) is 3.11. The molecule has 0 spiro atoms. The molecule has 0 fully saturated rings. The molecule has 8 heteroatoms. The number of aromatic nitrogens is 1. The summed E-state index contributed by atoms with van der Waals surface area (Å²) in [6, 6.07) is 9.73. The van der Waals surface area contributed by atoms with Crippen LogP contribution in [0.25, 0.3) is 22.4 Å². The largest absolute Gasteiger partial charge is 0.383 e. The number of pyridine rings is 1. The van der Waals surface area contributed by atoms with Gasteiger partial charge in [0.05, 0.1) is 16.9 Å².